The van der Waals surface area contributed by atoms with Gasteiger partial charge in [0, 0.05) is 18.3 Å². The lowest BCUT2D eigenvalue weighted by Crippen LogP contribution is -2.44. The second kappa shape index (κ2) is 6.30. The number of Topliss-reactive ketones (excluding diaryl/α,β-unsaturated/α-hetero) is 1. The standard InChI is InChI=1S/C23H23N3O2/c1-14-5-4-6-15(11-14)12-20(27)23(9-10-23)26-22(28)17-13-16(17)21-24-18-7-2-3-8-19(18)25-21/h2-8,11,16-17H,9-10,12-13H2,1H3,(H,24,25)(H,26,28)/t16-,17-/m0/s1. The number of aromatic nitrogens is 2. The van der Waals surface area contributed by atoms with Crippen LogP contribution in [0.3, 0.4) is 0 Å². The highest BCUT2D eigenvalue weighted by Gasteiger charge is 2.54. The third-order valence-corrected chi connectivity index (χ3v) is 5.98. The van der Waals surface area contributed by atoms with Gasteiger partial charge in [-0.15, -0.1) is 0 Å². The number of fused-ring (bicyclic) bond motifs is 1. The monoisotopic (exact) mass is 373 g/mol. The van der Waals surface area contributed by atoms with Crippen LogP contribution in [0.5, 0.6) is 0 Å². The molecule has 142 valence electrons. The molecule has 0 aliphatic heterocycles. The third-order valence-electron chi connectivity index (χ3n) is 5.98. The average Bonchev–Trinajstić information content (AvgIpc) is 3.58. The molecule has 0 spiro atoms. The SMILES string of the molecule is Cc1cccc(CC(=O)C2(NC(=O)[C@H]3C[C@@H]3c3nc4ccccc4[nH]3)CC2)c1. The van der Waals surface area contributed by atoms with E-state index in [0.717, 1.165) is 47.2 Å². The number of rotatable bonds is 6. The second-order valence-electron chi connectivity index (χ2n) is 8.25. The normalized spacial score (nSPS) is 22.0. The highest BCUT2D eigenvalue weighted by molar-refractivity contribution is 5.98. The maximum atomic E-state index is 12.8. The van der Waals surface area contributed by atoms with Gasteiger partial charge < -0.3 is 10.3 Å². The van der Waals surface area contributed by atoms with Crippen LogP contribution in [0.15, 0.2) is 48.5 Å². The number of H-pyrrole nitrogens is 1. The van der Waals surface area contributed by atoms with E-state index in [9.17, 15) is 9.59 Å². The highest BCUT2D eigenvalue weighted by atomic mass is 16.2. The number of hydrogen-bond donors (Lipinski definition) is 2. The molecule has 2 fully saturated rings. The van der Waals surface area contributed by atoms with E-state index in [4.69, 9.17) is 0 Å². The fourth-order valence-corrected chi connectivity index (χ4v) is 4.04. The Balaban J connectivity index is 1.24. The van der Waals surface area contributed by atoms with Gasteiger partial charge in [0.05, 0.1) is 16.6 Å². The molecule has 0 bridgehead atoms. The summed E-state index contributed by atoms with van der Waals surface area (Å²) in [7, 11) is 0. The number of nitrogens with one attached hydrogen (secondary N) is 2. The van der Waals surface area contributed by atoms with Crippen molar-refractivity contribution in [1.29, 1.82) is 0 Å². The number of amides is 1. The second-order valence-corrected chi connectivity index (χ2v) is 8.25. The molecule has 2 saturated carbocycles. The summed E-state index contributed by atoms with van der Waals surface area (Å²) in [5, 5.41) is 3.07. The van der Waals surface area contributed by atoms with Crippen LogP contribution in [0.2, 0.25) is 0 Å². The van der Waals surface area contributed by atoms with Crippen LogP contribution in [0, 0.1) is 12.8 Å². The minimum atomic E-state index is -0.651. The Morgan fingerprint density at radius 3 is 2.75 bits per heavy atom. The van der Waals surface area contributed by atoms with Gasteiger partial charge in [0.2, 0.25) is 5.91 Å². The molecule has 0 unspecified atom stereocenters. The Labute approximate surface area is 163 Å². The Bertz CT molecular complexity index is 1050. The van der Waals surface area contributed by atoms with E-state index in [1.165, 1.54) is 0 Å². The van der Waals surface area contributed by atoms with E-state index in [1.54, 1.807) is 0 Å². The quantitative estimate of drug-likeness (QED) is 0.695. The van der Waals surface area contributed by atoms with Gasteiger partial charge in [0.25, 0.3) is 0 Å². The molecule has 5 heteroatoms. The van der Waals surface area contributed by atoms with Crippen LogP contribution in [0.25, 0.3) is 11.0 Å². The molecule has 0 radical (unpaired) electrons. The lowest BCUT2D eigenvalue weighted by Gasteiger charge is -2.16. The Morgan fingerprint density at radius 1 is 1.18 bits per heavy atom. The number of benzene rings is 2. The molecule has 2 aliphatic carbocycles. The summed E-state index contributed by atoms with van der Waals surface area (Å²) in [6.45, 7) is 2.02. The van der Waals surface area contributed by atoms with Crippen molar-refractivity contribution in [2.24, 2.45) is 5.92 Å². The molecule has 5 rings (SSSR count). The number of para-hydroxylation sites is 2. The zero-order chi connectivity index (χ0) is 19.3. The molecule has 3 aromatic rings. The summed E-state index contributed by atoms with van der Waals surface area (Å²) in [4.78, 5) is 33.5. The predicted octanol–water partition coefficient (Wildman–Crippen LogP) is 3.44. The Kier molecular flexibility index (Phi) is 3.86. The molecule has 28 heavy (non-hydrogen) atoms. The number of nitrogens with zero attached hydrogens (tertiary/aromatic N) is 1. The van der Waals surface area contributed by atoms with Crippen LogP contribution >= 0.6 is 0 Å². The number of carbonyl (C=O) groups is 2. The van der Waals surface area contributed by atoms with E-state index in [2.05, 4.69) is 15.3 Å². The van der Waals surface area contributed by atoms with E-state index in [1.807, 2.05) is 55.5 Å². The van der Waals surface area contributed by atoms with Crippen molar-refractivity contribution in [3.05, 3.63) is 65.5 Å². The van der Waals surface area contributed by atoms with Gasteiger partial charge in [0.1, 0.15) is 5.82 Å². The van der Waals surface area contributed by atoms with E-state index in [-0.39, 0.29) is 23.5 Å². The smallest absolute Gasteiger partial charge is 0.224 e. The zero-order valence-electron chi connectivity index (χ0n) is 15.9. The first kappa shape index (κ1) is 17.2. The fourth-order valence-electron chi connectivity index (χ4n) is 4.04. The van der Waals surface area contributed by atoms with E-state index < -0.39 is 5.54 Å². The summed E-state index contributed by atoms with van der Waals surface area (Å²) in [5.74, 6) is 1.00. The van der Waals surface area contributed by atoms with Crippen LogP contribution in [0.4, 0.5) is 0 Å². The van der Waals surface area contributed by atoms with Crippen LogP contribution in [0.1, 0.15) is 42.1 Å². The van der Waals surface area contributed by atoms with E-state index >= 15 is 0 Å². The zero-order valence-corrected chi connectivity index (χ0v) is 15.9. The molecule has 2 aromatic carbocycles. The number of aromatic amines is 1. The molecule has 5 nitrogen and oxygen atoms in total. The lowest BCUT2D eigenvalue weighted by molar-refractivity contribution is -0.129. The summed E-state index contributed by atoms with van der Waals surface area (Å²) in [6, 6.07) is 15.9. The summed E-state index contributed by atoms with van der Waals surface area (Å²) in [6.07, 6.45) is 2.64. The van der Waals surface area contributed by atoms with Crippen LogP contribution in [-0.4, -0.2) is 27.2 Å². The van der Waals surface area contributed by atoms with Gasteiger partial charge in [-0.3, -0.25) is 9.59 Å². The molecule has 2 aliphatic rings. The predicted molar refractivity (Wildman–Crippen MR) is 107 cm³/mol. The molecular weight excluding hydrogens is 350 g/mol. The van der Waals surface area contributed by atoms with Crippen LogP contribution < -0.4 is 5.32 Å². The summed E-state index contributed by atoms with van der Waals surface area (Å²) in [5.41, 5.74) is 3.43. The highest BCUT2D eigenvalue weighted by Crippen LogP contribution is 2.48. The molecule has 1 aromatic heterocycles. The van der Waals surface area contributed by atoms with Gasteiger partial charge in [-0.2, -0.15) is 0 Å². The lowest BCUT2D eigenvalue weighted by atomic mass is 10.0. The van der Waals surface area contributed by atoms with Gasteiger partial charge in [-0.25, -0.2) is 4.98 Å². The van der Waals surface area contributed by atoms with Crippen molar-refractivity contribution in [2.45, 2.75) is 44.1 Å². The maximum Gasteiger partial charge on any atom is 0.224 e. The maximum absolute atomic E-state index is 12.8. The number of ketones is 1. The Morgan fingerprint density at radius 2 is 2.00 bits per heavy atom. The van der Waals surface area contributed by atoms with E-state index in [0.29, 0.717) is 6.42 Å². The third kappa shape index (κ3) is 3.11. The minimum absolute atomic E-state index is 0.0134. The van der Waals surface area contributed by atoms with Gasteiger partial charge >= 0.3 is 0 Å². The number of hydrogen-bond acceptors (Lipinski definition) is 3. The summed E-state index contributed by atoms with van der Waals surface area (Å²) >= 11 is 0. The average molecular weight is 373 g/mol. The van der Waals surface area contributed by atoms with Crippen molar-refractivity contribution >= 4 is 22.7 Å². The molecular formula is C23H23N3O2. The van der Waals surface area contributed by atoms with Crippen molar-refractivity contribution in [3.8, 4) is 0 Å². The van der Waals surface area contributed by atoms with Crippen molar-refractivity contribution in [1.82, 2.24) is 15.3 Å². The van der Waals surface area contributed by atoms with Crippen molar-refractivity contribution in [3.63, 3.8) is 0 Å². The first-order chi connectivity index (χ1) is 13.5. The van der Waals surface area contributed by atoms with Crippen molar-refractivity contribution in [2.75, 3.05) is 0 Å². The van der Waals surface area contributed by atoms with Crippen LogP contribution in [-0.2, 0) is 16.0 Å². The Hall–Kier alpha value is -2.95. The molecule has 2 atom stereocenters. The molecule has 1 amide bonds. The molecule has 2 N–H and O–H groups in total. The molecule has 1 heterocycles. The van der Waals surface area contributed by atoms with Gasteiger partial charge in [-0.1, -0.05) is 42.0 Å². The summed E-state index contributed by atoms with van der Waals surface area (Å²) < 4.78 is 0. The minimum Gasteiger partial charge on any atom is -0.343 e. The van der Waals surface area contributed by atoms with Gasteiger partial charge in [-0.05, 0) is 43.9 Å². The number of imidazole rings is 1. The first-order valence-electron chi connectivity index (χ1n) is 9.90. The largest absolute Gasteiger partial charge is 0.343 e. The fraction of sp³-hybridized carbons (Fsp3) is 0.348. The molecule has 0 saturated heterocycles. The number of aryl methyl sites for hydroxylation is 1. The van der Waals surface area contributed by atoms with Gasteiger partial charge in [0.15, 0.2) is 5.78 Å². The van der Waals surface area contributed by atoms with Crippen molar-refractivity contribution < 1.29 is 9.59 Å². The number of carbonyl (C=O) groups excluding carboxylic acids is 2. The first-order valence-corrected chi connectivity index (χ1v) is 9.90. The topological polar surface area (TPSA) is 74.8 Å².